The van der Waals surface area contributed by atoms with Gasteiger partial charge in [0.15, 0.2) is 0 Å². The minimum Gasteiger partial charge on any atom is -0.508 e. The molecule has 3 nitrogen and oxygen atoms in total. The van der Waals surface area contributed by atoms with Crippen molar-refractivity contribution >= 4 is 0 Å². The van der Waals surface area contributed by atoms with Crippen LogP contribution in [0.2, 0.25) is 0 Å². The van der Waals surface area contributed by atoms with Gasteiger partial charge in [0.2, 0.25) is 0 Å². The van der Waals surface area contributed by atoms with Crippen LogP contribution in [0, 0.1) is 13.8 Å². The number of aromatic hydroxyl groups is 2. The Hall–Kier alpha value is -2.94. The largest absolute Gasteiger partial charge is 0.508 e. The van der Waals surface area contributed by atoms with E-state index < -0.39 is 0 Å². The summed E-state index contributed by atoms with van der Waals surface area (Å²) in [6.45, 7) is 13.2. The predicted octanol–water partition coefficient (Wildman–Crippen LogP) is 5.42. The first-order valence-corrected chi connectivity index (χ1v) is 8.51. The third-order valence-corrected chi connectivity index (χ3v) is 4.20. The van der Waals surface area contributed by atoms with E-state index in [1.54, 1.807) is 12.1 Å². The predicted molar refractivity (Wildman–Crippen MR) is 107 cm³/mol. The van der Waals surface area contributed by atoms with E-state index in [0.29, 0.717) is 24.0 Å². The van der Waals surface area contributed by atoms with Gasteiger partial charge in [-0.25, -0.2) is 0 Å². The molecule has 0 radical (unpaired) electrons. The van der Waals surface area contributed by atoms with Crippen LogP contribution in [-0.4, -0.2) is 15.3 Å². The highest BCUT2D eigenvalue weighted by Gasteiger charge is 2.14. The van der Waals surface area contributed by atoms with Gasteiger partial charge in [0.05, 0.1) is 0 Å². The zero-order valence-corrected chi connectivity index (χ0v) is 15.6. The first kappa shape index (κ1) is 19.4. The number of aliphatic hydroxyl groups is 1. The summed E-state index contributed by atoms with van der Waals surface area (Å²) < 4.78 is 0. The molecule has 0 spiro atoms. The van der Waals surface area contributed by atoms with Crippen molar-refractivity contribution in [2.75, 3.05) is 0 Å². The van der Waals surface area contributed by atoms with Crippen LogP contribution in [-0.2, 0) is 12.8 Å². The van der Waals surface area contributed by atoms with E-state index in [9.17, 15) is 15.3 Å². The third kappa shape index (κ3) is 4.79. The maximum absolute atomic E-state index is 10.8. The summed E-state index contributed by atoms with van der Waals surface area (Å²) >= 11 is 0. The molecule has 0 amide bonds. The maximum atomic E-state index is 10.8. The Bertz CT molecular complexity index is 889. The Morgan fingerprint density at radius 1 is 0.962 bits per heavy atom. The standard InChI is InChI=1S/C23H26O3/c1-14(2)8-18(17(5)24)12-20-10-16(4)11-21(23(20)26)13-19-9-15(3)6-7-22(19)25/h6-11,24-26H,1,5,12-13H2,2-4H3/b18-8-. The Kier molecular flexibility index (Phi) is 5.93. The van der Waals surface area contributed by atoms with Crippen LogP contribution in [0.3, 0.4) is 0 Å². The topological polar surface area (TPSA) is 60.7 Å². The third-order valence-electron chi connectivity index (χ3n) is 4.20. The quantitative estimate of drug-likeness (QED) is 0.481. The Labute approximate surface area is 155 Å². The van der Waals surface area contributed by atoms with Crippen molar-refractivity contribution in [2.24, 2.45) is 0 Å². The van der Waals surface area contributed by atoms with Crippen LogP contribution in [0.15, 0.2) is 66.5 Å². The van der Waals surface area contributed by atoms with Gasteiger partial charge in [0.25, 0.3) is 0 Å². The lowest BCUT2D eigenvalue weighted by Gasteiger charge is -2.14. The zero-order valence-electron chi connectivity index (χ0n) is 15.6. The molecule has 0 aliphatic carbocycles. The van der Waals surface area contributed by atoms with E-state index in [2.05, 4.69) is 13.2 Å². The van der Waals surface area contributed by atoms with Crippen molar-refractivity contribution in [3.05, 3.63) is 94.3 Å². The molecule has 2 aromatic carbocycles. The normalized spacial score (nSPS) is 11.4. The molecule has 0 unspecified atom stereocenters. The number of benzene rings is 2. The van der Waals surface area contributed by atoms with Gasteiger partial charge in [-0.3, -0.25) is 0 Å². The van der Waals surface area contributed by atoms with E-state index in [4.69, 9.17) is 0 Å². The summed E-state index contributed by atoms with van der Waals surface area (Å²) in [6.07, 6.45) is 2.53. The molecule has 0 bridgehead atoms. The molecule has 26 heavy (non-hydrogen) atoms. The fourth-order valence-electron chi connectivity index (χ4n) is 3.00. The van der Waals surface area contributed by atoms with Crippen LogP contribution < -0.4 is 0 Å². The van der Waals surface area contributed by atoms with Gasteiger partial charge < -0.3 is 15.3 Å². The molecular weight excluding hydrogens is 324 g/mol. The highest BCUT2D eigenvalue weighted by atomic mass is 16.3. The molecule has 2 aromatic rings. The van der Waals surface area contributed by atoms with Gasteiger partial charge in [0.1, 0.15) is 17.3 Å². The molecule has 0 aliphatic heterocycles. The Balaban J connectivity index is 2.43. The van der Waals surface area contributed by atoms with Crippen molar-refractivity contribution in [3.63, 3.8) is 0 Å². The number of hydrogen-bond donors (Lipinski definition) is 3. The van der Waals surface area contributed by atoms with E-state index in [0.717, 1.165) is 27.8 Å². The molecule has 0 saturated heterocycles. The van der Waals surface area contributed by atoms with Crippen molar-refractivity contribution in [1.82, 2.24) is 0 Å². The van der Waals surface area contributed by atoms with Crippen LogP contribution in [0.25, 0.3) is 0 Å². The Morgan fingerprint density at radius 3 is 2.19 bits per heavy atom. The average Bonchev–Trinajstić information content (AvgIpc) is 2.54. The minimum atomic E-state index is -0.0354. The van der Waals surface area contributed by atoms with Crippen LogP contribution >= 0.6 is 0 Å². The van der Waals surface area contributed by atoms with E-state index in [1.165, 1.54) is 0 Å². The fourth-order valence-corrected chi connectivity index (χ4v) is 3.00. The highest BCUT2D eigenvalue weighted by Crippen LogP contribution is 2.32. The lowest BCUT2D eigenvalue weighted by atomic mass is 9.94. The zero-order chi connectivity index (χ0) is 19.4. The smallest absolute Gasteiger partial charge is 0.122 e. The summed E-state index contributed by atoms with van der Waals surface area (Å²) in [7, 11) is 0. The summed E-state index contributed by atoms with van der Waals surface area (Å²) in [5.74, 6) is 0.349. The van der Waals surface area contributed by atoms with Gasteiger partial charge in [-0.15, -0.1) is 0 Å². The first-order chi connectivity index (χ1) is 12.2. The van der Waals surface area contributed by atoms with Crippen LogP contribution in [0.1, 0.15) is 34.7 Å². The van der Waals surface area contributed by atoms with Crippen LogP contribution in [0.4, 0.5) is 0 Å². The molecule has 3 heteroatoms. The maximum Gasteiger partial charge on any atom is 0.122 e. The number of phenolic OH excluding ortho intramolecular Hbond substituents is 2. The number of allylic oxidation sites excluding steroid dienone is 3. The second kappa shape index (κ2) is 7.96. The van der Waals surface area contributed by atoms with Crippen LogP contribution in [0.5, 0.6) is 11.5 Å². The van der Waals surface area contributed by atoms with Gasteiger partial charge in [0, 0.05) is 12.8 Å². The molecule has 0 atom stereocenters. The fraction of sp³-hybridized carbons (Fsp3) is 0.217. The molecule has 0 aromatic heterocycles. The molecule has 0 aliphatic rings. The van der Waals surface area contributed by atoms with Gasteiger partial charge in [-0.2, -0.15) is 0 Å². The molecule has 2 rings (SSSR count). The van der Waals surface area contributed by atoms with E-state index in [-0.39, 0.29) is 17.3 Å². The van der Waals surface area contributed by atoms with Gasteiger partial charge in [-0.1, -0.05) is 60.2 Å². The summed E-state index contributed by atoms with van der Waals surface area (Å²) in [5, 5.41) is 30.7. The number of aliphatic hydroxyl groups excluding tert-OH is 1. The van der Waals surface area contributed by atoms with Crippen molar-refractivity contribution in [1.29, 1.82) is 0 Å². The SMILES string of the molecule is C=C(C)/C=C(/Cc1cc(C)cc(Cc2cc(C)ccc2O)c1O)C(=C)O. The number of hydrogen-bond acceptors (Lipinski definition) is 3. The summed E-state index contributed by atoms with van der Waals surface area (Å²) in [6, 6.07) is 9.24. The molecule has 0 heterocycles. The lowest BCUT2D eigenvalue weighted by Crippen LogP contribution is -1.99. The van der Waals surface area contributed by atoms with Gasteiger partial charge >= 0.3 is 0 Å². The second-order valence-corrected chi connectivity index (χ2v) is 6.88. The highest BCUT2D eigenvalue weighted by molar-refractivity contribution is 5.50. The van der Waals surface area contributed by atoms with Gasteiger partial charge in [-0.05, 0) is 49.1 Å². The lowest BCUT2D eigenvalue weighted by molar-refractivity contribution is 0.422. The van der Waals surface area contributed by atoms with Crippen molar-refractivity contribution in [3.8, 4) is 11.5 Å². The molecular formula is C23H26O3. The summed E-state index contributed by atoms with van der Waals surface area (Å²) in [4.78, 5) is 0. The number of aryl methyl sites for hydroxylation is 2. The molecule has 0 fully saturated rings. The first-order valence-electron chi connectivity index (χ1n) is 8.51. The molecule has 136 valence electrons. The monoisotopic (exact) mass is 350 g/mol. The summed E-state index contributed by atoms with van der Waals surface area (Å²) in [5.41, 5.74) is 5.66. The average molecular weight is 350 g/mol. The Morgan fingerprint density at radius 2 is 1.58 bits per heavy atom. The molecule has 0 saturated carbocycles. The van der Waals surface area contributed by atoms with Crippen molar-refractivity contribution < 1.29 is 15.3 Å². The van der Waals surface area contributed by atoms with E-state index in [1.807, 2.05) is 45.0 Å². The number of phenols is 2. The second-order valence-electron chi connectivity index (χ2n) is 6.88. The van der Waals surface area contributed by atoms with Crippen molar-refractivity contribution in [2.45, 2.75) is 33.6 Å². The molecule has 3 N–H and O–H groups in total. The minimum absolute atomic E-state index is 0.0354. The van der Waals surface area contributed by atoms with E-state index >= 15 is 0 Å². The number of rotatable bonds is 6.